The van der Waals surface area contributed by atoms with Crippen molar-refractivity contribution >= 4 is 0 Å². The molecule has 3 heteroatoms. The Hall–Kier alpha value is -1.06. The summed E-state index contributed by atoms with van der Waals surface area (Å²) in [5.41, 5.74) is 0. The molecule has 1 atom stereocenters. The van der Waals surface area contributed by atoms with Gasteiger partial charge in [-0.15, -0.1) is 0 Å². The van der Waals surface area contributed by atoms with Crippen molar-refractivity contribution in [3.63, 3.8) is 0 Å². The molecule has 0 bridgehead atoms. The van der Waals surface area contributed by atoms with Gasteiger partial charge in [0, 0.05) is 0 Å². The Bertz CT molecular complexity index is 198. The molecule has 3 nitrogen and oxygen atoms in total. The van der Waals surface area contributed by atoms with Crippen LogP contribution in [0.3, 0.4) is 0 Å². The van der Waals surface area contributed by atoms with Gasteiger partial charge >= 0.3 is 0 Å². The number of aliphatic hydroxyl groups is 1. The molecule has 59 valence electrons. The van der Waals surface area contributed by atoms with Gasteiger partial charge in [-0.2, -0.15) is 0 Å². The highest BCUT2D eigenvalue weighted by Gasteiger charge is 2.02. The van der Waals surface area contributed by atoms with Crippen LogP contribution in [0.4, 0.5) is 0 Å². The van der Waals surface area contributed by atoms with Crippen molar-refractivity contribution in [2.24, 2.45) is 0 Å². The zero-order valence-electron chi connectivity index (χ0n) is 5.93. The Kier molecular flexibility index (Phi) is 2.89. The van der Waals surface area contributed by atoms with Gasteiger partial charge in [-0.05, 0) is 12.1 Å². The third-order valence-electron chi connectivity index (χ3n) is 1.16. The first-order chi connectivity index (χ1) is 5.33. The normalized spacial score (nSPS) is 12.5. The molecule has 1 unspecified atom stereocenters. The highest BCUT2D eigenvalue weighted by molar-refractivity contribution is 5.20. The number of ether oxygens (including phenoxy) is 1. The zero-order chi connectivity index (χ0) is 8.10. The van der Waals surface area contributed by atoms with E-state index in [4.69, 9.17) is 9.84 Å². The van der Waals surface area contributed by atoms with Gasteiger partial charge in [-0.3, -0.25) is 0 Å². The molecule has 1 aromatic carbocycles. The molecule has 0 aromatic heterocycles. The van der Waals surface area contributed by atoms with Crippen LogP contribution < -0.4 is 4.74 Å². The first kappa shape index (κ1) is 8.04. The van der Waals surface area contributed by atoms with Gasteiger partial charge in [-0.1, -0.05) is 18.2 Å². The van der Waals surface area contributed by atoms with E-state index in [1.165, 1.54) is 0 Å². The van der Waals surface area contributed by atoms with Crippen molar-refractivity contribution in [3.05, 3.63) is 30.3 Å². The molecular weight excluding hydrogens is 144 g/mol. The maximum Gasteiger partial charge on any atom is 0.224 e. The van der Waals surface area contributed by atoms with E-state index in [1.54, 1.807) is 24.3 Å². The summed E-state index contributed by atoms with van der Waals surface area (Å²) in [6.07, 6.45) is -1.24. The summed E-state index contributed by atoms with van der Waals surface area (Å²) in [7, 11) is 0. The number of benzene rings is 1. The van der Waals surface area contributed by atoms with Crippen LogP contribution in [0.15, 0.2) is 30.3 Å². The minimum absolute atomic E-state index is 0.510. The second-order valence-electron chi connectivity index (χ2n) is 2.05. The maximum atomic E-state index is 10.1. The molecule has 1 aromatic rings. The summed E-state index contributed by atoms with van der Waals surface area (Å²) in [5, 5.41) is 18.8. The number of rotatable bonds is 3. The highest BCUT2D eigenvalue weighted by atomic mass is 16.6. The fourth-order valence-electron chi connectivity index (χ4n) is 0.690. The predicted molar refractivity (Wildman–Crippen MR) is 38.6 cm³/mol. The maximum absolute atomic E-state index is 10.1. The van der Waals surface area contributed by atoms with Gasteiger partial charge in [-0.25, -0.2) is 5.11 Å². The lowest BCUT2D eigenvalue weighted by molar-refractivity contribution is -0.0732. The van der Waals surface area contributed by atoms with Crippen LogP contribution in [-0.2, 0) is 5.11 Å². The first-order valence-corrected chi connectivity index (χ1v) is 3.31. The summed E-state index contributed by atoms with van der Waals surface area (Å²) in [6.45, 7) is -0.644. The molecule has 11 heavy (non-hydrogen) atoms. The summed E-state index contributed by atoms with van der Waals surface area (Å²) < 4.78 is 4.81. The van der Waals surface area contributed by atoms with Crippen LogP contribution >= 0.6 is 0 Å². The fourth-order valence-corrected chi connectivity index (χ4v) is 0.690. The van der Waals surface area contributed by atoms with E-state index in [0.717, 1.165) is 0 Å². The average Bonchev–Trinajstić information content (AvgIpc) is 2.06. The lowest BCUT2D eigenvalue weighted by atomic mass is 10.3. The van der Waals surface area contributed by atoms with Crippen molar-refractivity contribution in [2.75, 3.05) is 6.61 Å². The van der Waals surface area contributed by atoms with Crippen LogP contribution in [0.1, 0.15) is 0 Å². The van der Waals surface area contributed by atoms with E-state index in [2.05, 4.69) is 0 Å². The van der Waals surface area contributed by atoms with Crippen LogP contribution in [0.2, 0.25) is 0 Å². The number of aliphatic hydroxyl groups excluding tert-OH is 1. The summed E-state index contributed by atoms with van der Waals surface area (Å²) >= 11 is 0. The van der Waals surface area contributed by atoms with E-state index in [1.807, 2.05) is 6.07 Å². The zero-order valence-corrected chi connectivity index (χ0v) is 5.93. The van der Waals surface area contributed by atoms with Crippen molar-refractivity contribution in [2.45, 2.75) is 6.29 Å². The lowest BCUT2D eigenvalue weighted by Crippen LogP contribution is -2.18. The van der Waals surface area contributed by atoms with Crippen molar-refractivity contribution in [3.8, 4) is 5.75 Å². The van der Waals surface area contributed by atoms with Gasteiger partial charge in [0.25, 0.3) is 0 Å². The second kappa shape index (κ2) is 3.95. The number of para-hydroxylation sites is 1. The molecule has 0 aliphatic rings. The van der Waals surface area contributed by atoms with E-state index < -0.39 is 12.9 Å². The summed E-state index contributed by atoms with van der Waals surface area (Å²) in [6, 6.07) is 8.73. The molecule has 0 heterocycles. The van der Waals surface area contributed by atoms with Crippen molar-refractivity contribution in [1.29, 1.82) is 0 Å². The summed E-state index contributed by atoms with van der Waals surface area (Å²) in [4.78, 5) is 0. The predicted octanol–water partition coefficient (Wildman–Crippen LogP) is 0.814. The molecular formula is C8H9O3. The molecule has 0 spiro atoms. The van der Waals surface area contributed by atoms with Crippen molar-refractivity contribution in [1.82, 2.24) is 0 Å². The van der Waals surface area contributed by atoms with E-state index in [9.17, 15) is 5.11 Å². The van der Waals surface area contributed by atoms with Crippen LogP contribution in [0.25, 0.3) is 0 Å². The van der Waals surface area contributed by atoms with Crippen LogP contribution in [-0.4, -0.2) is 18.0 Å². The first-order valence-electron chi connectivity index (χ1n) is 3.31. The van der Waals surface area contributed by atoms with E-state index >= 15 is 0 Å². The van der Waals surface area contributed by atoms with Crippen molar-refractivity contribution < 1.29 is 14.9 Å². The Morgan fingerprint density at radius 1 is 1.36 bits per heavy atom. The van der Waals surface area contributed by atoms with Gasteiger partial charge in [0.05, 0.1) is 0 Å². The fraction of sp³-hybridized carbons (Fsp3) is 0.250. The number of hydrogen-bond acceptors (Lipinski definition) is 2. The Balaban J connectivity index is 2.51. The van der Waals surface area contributed by atoms with Gasteiger partial charge in [0.2, 0.25) is 6.29 Å². The Morgan fingerprint density at radius 3 is 2.55 bits per heavy atom. The van der Waals surface area contributed by atoms with Gasteiger partial charge in [0.1, 0.15) is 12.4 Å². The summed E-state index contributed by atoms with van der Waals surface area (Å²) in [5.74, 6) is 0.510. The molecule has 0 fully saturated rings. The van der Waals surface area contributed by atoms with Crippen LogP contribution in [0.5, 0.6) is 5.75 Å². The topological polar surface area (TPSA) is 49.4 Å². The third kappa shape index (κ3) is 2.57. The van der Waals surface area contributed by atoms with E-state index in [-0.39, 0.29) is 0 Å². The molecule has 0 aliphatic carbocycles. The second-order valence-corrected chi connectivity index (χ2v) is 2.05. The van der Waals surface area contributed by atoms with Gasteiger partial charge in [0.15, 0.2) is 0 Å². The van der Waals surface area contributed by atoms with Crippen LogP contribution in [0, 0.1) is 0 Å². The largest absolute Gasteiger partial charge is 0.462 e. The average molecular weight is 153 g/mol. The Morgan fingerprint density at radius 2 is 2.00 bits per heavy atom. The highest BCUT2D eigenvalue weighted by Crippen LogP contribution is 2.09. The monoisotopic (exact) mass is 153 g/mol. The van der Waals surface area contributed by atoms with E-state index in [0.29, 0.717) is 5.75 Å². The smallest absolute Gasteiger partial charge is 0.224 e. The van der Waals surface area contributed by atoms with Gasteiger partial charge < -0.3 is 9.84 Å². The molecule has 0 saturated carbocycles. The SMILES string of the molecule is [O]CC(O)Oc1ccccc1. The minimum Gasteiger partial charge on any atom is -0.462 e. The lowest BCUT2D eigenvalue weighted by Gasteiger charge is -2.08. The minimum atomic E-state index is -1.24. The molecule has 1 rings (SSSR count). The Labute approximate surface area is 64.9 Å². The number of hydrogen-bond donors (Lipinski definition) is 1. The standard InChI is InChI=1S/C8H9O3/c9-6-8(10)11-7-4-2-1-3-5-7/h1-5,8,10H,6H2. The quantitative estimate of drug-likeness (QED) is 0.653. The molecule has 1 N–H and O–H groups in total. The molecule has 0 amide bonds. The third-order valence-corrected chi connectivity index (χ3v) is 1.16. The molecule has 0 saturated heterocycles. The molecule has 1 radical (unpaired) electrons. The molecule has 0 aliphatic heterocycles.